The Morgan fingerprint density at radius 2 is 2.03 bits per heavy atom. The normalized spacial score (nSPS) is 16.2. The number of rotatable bonds is 7. The maximum absolute atomic E-state index is 5.85. The van der Waals surface area contributed by atoms with Crippen molar-refractivity contribution in [2.75, 3.05) is 40.5 Å². The predicted molar refractivity (Wildman–Crippen MR) is 122 cm³/mol. The van der Waals surface area contributed by atoms with E-state index in [1.807, 2.05) is 12.1 Å². The van der Waals surface area contributed by atoms with Gasteiger partial charge in [0.25, 0.3) is 0 Å². The number of methoxy groups -OCH3 is 1. The second-order valence-corrected chi connectivity index (χ2v) is 8.08. The number of aromatic nitrogens is 1. The molecule has 0 saturated carbocycles. The first kappa shape index (κ1) is 22.4. The molecule has 2 heterocycles. The summed E-state index contributed by atoms with van der Waals surface area (Å²) in [4.78, 5) is 8.53. The van der Waals surface area contributed by atoms with Crippen molar-refractivity contribution >= 4 is 17.6 Å². The summed E-state index contributed by atoms with van der Waals surface area (Å²) >= 11 is 5.85. The minimum Gasteiger partial charge on any atom is -0.496 e. The Kier molecular flexibility index (Phi) is 7.94. The molecule has 1 aromatic carbocycles. The van der Waals surface area contributed by atoms with Gasteiger partial charge in [0.2, 0.25) is 0 Å². The number of aryl methyl sites for hydroxylation is 1. The Hall–Kier alpha value is -2.31. The molecule has 0 aliphatic carbocycles. The molecule has 1 saturated heterocycles. The molecule has 1 fully saturated rings. The average Bonchev–Trinajstić information content (AvgIpc) is 2.78. The smallest absolute Gasteiger partial charge is 0.191 e. The van der Waals surface area contributed by atoms with Crippen molar-refractivity contribution in [3.05, 3.63) is 58.4 Å². The van der Waals surface area contributed by atoms with Crippen LogP contribution in [0.2, 0.25) is 5.15 Å². The van der Waals surface area contributed by atoms with E-state index in [4.69, 9.17) is 21.1 Å². The number of ether oxygens (including phenoxy) is 2. The maximum atomic E-state index is 5.85. The molecule has 2 aromatic rings. The van der Waals surface area contributed by atoms with Crippen LogP contribution < -0.4 is 15.4 Å². The summed E-state index contributed by atoms with van der Waals surface area (Å²) in [6.45, 7) is 5.13. The summed E-state index contributed by atoms with van der Waals surface area (Å²) in [5.74, 6) is 1.72. The van der Waals surface area contributed by atoms with E-state index in [1.165, 1.54) is 11.1 Å². The van der Waals surface area contributed by atoms with Gasteiger partial charge in [-0.25, -0.2) is 4.98 Å². The summed E-state index contributed by atoms with van der Waals surface area (Å²) < 4.78 is 11.4. The van der Waals surface area contributed by atoms with Crippen LogP contribution in [0.4, 0.5) is 0 Å². The van der Waals surface area contributed by atoms with Crippen molar-refractivity contribution in [1.82, 2.24) is 15.6 Å². The Morgan fingerprint density at radius 3 is 2.70 bits per heavy atom. The largest absolute Gasteiger partial charge is 0.496 e. The number of aliphatic imine (C=N–C) groups is 1. The van der Waals surface area contributed by atoms with Crippen LogP contribution in [0.15, 0.2) is 41.5 Å². The molecule has 0 amide bonds. The van der Waals surface area contributed by atoms with Gasteiger partial charge in [-0.05, 0) is 43.9 Å². The van der Waals surface area contributed by atoms with Gasteiger partial charge >= 0.3 is 0 Å². The van der Waals surface area contributed by atoms with E-state index in [2.05, 4.69) is 45.7 Å². The highest BCUT2D eigenvalue weighted by Gasteiger charge is 2.37. The molecule has 3 rings (SSSR count). The number of nitrogens with zero attached hydrogens (tertiary/aromatic N) is 2. The van der Waals surface area contributed by atoms with Gasteiger partial charge in [-0.2, -0.15) is 0 Å². The standard InChI is InChI=1S/C23H31ClN4O2/c1-17-4-6-20(29-3)19(14-17)23(9-12-30-13-10-23)16-28-22(25-2)26-11-8-18-5-7-21(24)27-15-18/h4-7,14-15H,8-13,16H2,1-3H3,(H2,25,26,28). The van der Waals surface area contributed by atoms with E-state index in [9.17, 15) is 0 Å². The number of pyridine rings is 1. The molecular formula is C23H31ClN4O2. The molecule has 1 aromatic heterocycles. The van der Waals surface area contributed by atoms with Gasteiger partial charge in [0.15, 0.2) is 5.96 Å². The fourth-order valence-electron chi connectivity index (χ4n) is 3.89. The molecule has 0 spiro atoms. The first-order valence-corrected chi connectivity index (χ1v) is 10.7. The quantitative estimate of drug-likeness (QED) is 0.399. The molecule has 162 valence electrons. The predicted octanol–water partition coefficient (Wildman–Crippen LogP) is 3.51. The van der Waals surface area contributed by atoms with Crippen LogP contribution in [0.1, 0.15) is 29.5 Å². The van der Waals surface area contributed by atoms with Crippen molar-refractivity contribution in [1.29, 1.82) is 0 Å². The van der Waals surface area contributed by atoms with Crippen LogP contribution >= 0.6 is 11.6 Å². The van der Waals surface area contributed by atoms with E-state index in [1.54, 1.807) is 20.4 Å². The topological polar surface area (TPSA) is 67.8 Å². The third-order valence-electron chi connectivity index (χ3n) is 5.69. The lowest BCUT2D eigenvalue weighted by atomic mass is 9.73. The summed E-state index contributed by atoms with van der Waals surface area (Å²) in [7, 11) is 3.53. The second-order valence-electron chi connectivity index (χ2n) is 7.69. The lowest BCUT2D eigenvalue weighted by Crippen LogP contribution is -2.48. The van der Waals surface area contributed by atoms with Crippen molar-refractivity contribution in [2.24, 2.45) is 4.99 Å². The van der Waals surface area contributed by atoms with Crippen LogP contribution in [0.3, 0.4) is 0 Å². The summed E-state index contributed by atoms with van der Waals surface area (Å²) in [6, 6.07) is 10.2. The molecule has 0 unspecified atom stereocenters. The zero-order valence-corrected chi connectivity index (χ0v) is 18.8. The maximum Gasteiger partial charge on any atom is 0.191 e. The van der Waals surface area contributed by atoms with Gasteiger partial charge in [-0.15, -0.1) is 0 Å². The van der Waals surface area contributed by atoms with Gasteiger partial charge in [-0.3, -0.25) is 4.99 Å². The number of halogens is 1. The minimum absolute atomic E-state index is 0.0622. The van der Waals surface area contributed by atoms with Crippen LogP contribution in [0.5, 0.6) is 5.75 Å². The zero-order chi connectivity index (χ0) is 21.4. The second kappa shape index (κ2) is 10.6. The number of hydrogen-bond donors (Lipinski definition) is 2. The number of nitrogens with one attached hydrogen (secondary N) is 2. The van der Waals surface area contributed by atoms with Crippen LogP contribution in [0, 0.1) is 6.92 Å². The van der Waals surface area contributed by atoms with E-state index in [-0.39, 0.29) is 5.41 Å². The molecule has 0 radical (unpaired) electrons. The molecule has 1 aliphatic heterocycles. The molecule has 2 N–H and O–H groups in total. The van der Waals surface area contributed by atoms with Crippen molar-refractivity contribution in [2.45, 2.75) is 31.6 Å². The summed E-state index contributed by atoms with van der Waals surface area (Å²) in [6.07, 6.45) is 4.53. The molecule has 30 heavy (non-hydrogen) atoms. The molecular weight excluding hydrogens is 400 g/mol. The molecule has 1 aliphatic rings. The highest BCUT2D eigenvalue weighted by Crippen LogP contribution is 2.40. The SMILES string of the molecule is CN=C(NCCc1ccc(Cl)nc1)NCC1(c2cc(C)ccc2OC)CCOCC1. The Bertz CT molecular complexity index is 849. The lowest BCUT2D eigenvalue weighted by Gasteiger charge is -2.39. The average molecular weight is 431 g/mol. The van der Waals surface area contributed by atoms with Crippen LogP contribution in [-0.4, -0.2) is 51.4 Å². The Labute approximate surface area is 184 Å². The summed E-state index contributed by atoms with van der Waals surface area (Å²) in [5, 5.41) is 7.44. The van der Waals surface area contributed by atoms with Gasteiger partial charge in [0, 0.05) is 50.5 Å². The van der Waals surface area contributed by atoms with Gasteiger partial charge in [0.1, 0.15) is 10.9 Å². The molecule has 0 bridgehead atoms. The highest BCUT2D eigenvalue weighted by atomic mass is 35.5. The van der Waals surface area contributed by atoms with Gasteiger partial charge < -0.3 is 20.1 Å². The molecule has 7 heteroatoms. The van der Waals surface area contributed by atoms with Gasteiger partial charge in [0.05, 0.1) is 7.11 Å². The van der Waals surface area contributed by atoms with Gasteiger partial charge in [-0.1, -0.05) is 35.4 Å². The molecule has 6 nitrogen and oxygen atoms in total. The third kappa shape index (κ3) is 5.64. The van der Waals surface area contributed by atoms with E-state index in [0.717, 1.165) is 62.8 Å². The fourth-order valence-corrected chi connectivity index (χ4v) is 4.00. The van der Waals surface area contributed by atoms with Crippen molar-refractivity contribution in [3.63, 3.8) is 0 Å². The van der Waals surface area contributed by atoms with E-state index in [0.29, 0.717) is 5.15 Å². The highest BCUT2D eigenvalue weighted by molar-refractivity contribution is 6.29. The number of guanidine groups is 1. The van der Waals surface area contributed by atoms with Crippen LogP contribution in [-0.2, 0) is 16.6 Å². The third-order valence-corrected chi connectivity index (χ3v) is 5.91. The first-order valence-electron chi connectivity index (χ1n) is 10.3. The monoisotopic (exact) mass is 430 g/mol. The van der Waals surface area contributed by atoms with Crippen molar-refractivity contribution < 1.29 is 9.47 Å². The molecule has 0 atom stereocenters. The summed E-state index contributed by atoms with van der Waals surface area (Å²) in [5.41, 5.74) is 3.54. The fraction of sp³-hybridized carbons (Fsp3) is 0.478. The van der Waals surface area contributed by atoms with Crippen molar-refractivity contribution in [3.8, 4) is 5.75 Å². The lowest BCUT2D eigenvalue weighted by molar-refractivity contribution is 0.0505. The van der Waals surface area contributed by atoms with E-state index < -0.39 is 0 Å². The van der Waals surface area contributed by atoms with Crippen LogP contribution in [0.25, 0.3) is 0 Å². The van der Waals surface area contributed by atoms with E-state index >= 15 is 0 Å². The number of hydrogen-bond acceptors (Lipinski definition) is 4. The Balaban J connectivity index is 1.66. The minimum atomic E-state index is -0.0622. The number of benzene rings is 1. The first-order chi connectivity index (χ1) is 14.6. The Morgan fingerprint density at radius 1 is 1.23 bits per heavy atom. The zero-order valence-electron chi connectivity index (χ0n) is 18.0.